The van der Waals surface area contributed by atoms with Crippen LogP contribution in [0.15, 0.2) is 18.5 Å². The Bertz CT molecular complexity index is 323. The number of rotatable bonds is 4. The highest BCUT2D eigenvalue weighted by Gasteiger charge is 2.14. The largest absolute Gasteiger partial charge is 0.330 e. The number of pyridine rings is 1. The molecule has 1 rings (SSSR count). The Morgan fingerprint density at radius 2 is 2.29 bits per heavy atom. The highest BCUT2D eigenvalue weighted by molar-refractivity contribution is 5.97. The predicted octanol–water partition coefficient (Wildman–Crippen LogP) is 1.56. The summed E-state index contributed by atoms with van der Waals surface area (Å²) >= 11 is 0. The molecule has 0 saturated carbocycles. The van der Waals surface area contributed by atoms with Crippen LogP contribution in [0.3, 0.4) is 0 Å². The number of carbonyl (C=O) groups is 1. The van der Waals surface area contributed by atoms with Crippen LogP contribution in [0.5, 0.6) is 0 Å². The molecule has 1 aromatic rings. The lowest BCUT2D eigenvalue weighted by Gasteiger charge is -2.08. The maximum absolute atomic E-state index is 11.8. The van der Waals surface area contributed by atoms with E-state index in [4.69, 9.17) is 5.73 Å². The van der Waals surface area contributed by atoms with Crippen molar-refractivity contribution in [2.45, 2.75) is 20.3 Å². The molecule has 0 amide bonds. The van der Waals surface area contributed by atoms with Gasteiger partial charge in [-0.05, 0) is 31.5 Å². The molecule has 0 radical (unpaired) electrons. The lowest BCUT2D eigenvalue weighted by atomic mass is 9.97. The normalized spacial score (nSPS) is 12.5. The Morgan fingerprint density at radius 3 is 2.86 bits per heavy atom. The van der Waals surface area contributed by atoms with Crippen LogP contribution >= 0.6 is 0 Å². The molecule has 3 heteroatoms. The summed E-state index contributed by atoms with van der Waals surface area (Å²) in [6.07, 6.45) is 4.08. The molecule has 1 atom stereocenters. The van der Waals surface area contributed by atoms with Gasteiger partial charge in [-0.15, -0.1) is 0 Å². The van der Waals surface area contributed by atoms with E-state index in [1.807, 2.05) is 19.9 Å². The van der Waals surface area contributed by atoms with E-state index in [9.17, 15) is 4.79 Å². The predicted molar refractivity (Wildman–Crippen MR) is 56.1 cm³/mol. The number of hydrogen-bond donors (Lipinski definition) is 1. The van der Waals surface area contributed by atoms with Gasteiger partial charge in [-0.3, -0.25) is 9.78 Å². The average molecular weight is 192 g/mol. The molecule has 0 bridgehead atoms. The molecule has 1 heterocycles. The average Bonchev–Trinajstić information content (AvgIpc) is 2.17. The van der Waals surface area contributed by atoms with Crippen molar-refractivity contribution >= 4 is 5.78 Å². The topological polar surface area (TPSA) is 56.0 Å². The maximum atomic E-state index is 11.8. The fraction of sp³-hybridized carbons (Fsp3) is 0.455. The van der Waals surface area contributed by atoms with E-state index in [2.05, 4.69) is 4.98 Å². The van der Waals surface area contributed by atoms with Crippen molar-refractivity contribution in [1.82, 2.24) is 4.98 Å². The third-order valence-electron chi connectivity index (χ3n) is 2.21. The van der Waals surface area contributed by atoms with E-state index in [0.29, 0.717) is 12.1 Å². The Hall–Kier alpha value is -1.22. The van der Waals surface area contributed by atoms with Gasteiger partial charge in [-0.25, -0.2) is 0 Å². The third kappa shape index (κ3) is 2.64. The second-order valence-electron chi connectivity index (χ2n) is 3.59. The van der Waals surface area contributed by atoms with Crippen molar-refractivity contribution in [2.24, 2.45) is 11.7 Å². The van der Waals surface area contributed by atoms with E-state index in [1.54, 1.807) is 12.4 Å². The Morgan fingerprint density at radius 1 is 1.57 bits per heavy atom. The molecular formula is C11H16N2O. The minimum absolute atomic E-state index is 0.0106. The summed E-state index contributed by atoms with van der Waals surface area (Å²) in [4.78, 5) is 15.8. The monoisotopic (exact) mass is 192 g/mol. The minimum Gasteiger partial charge on any atom is -0.330 e. The van der Waals surface area contributed by atoms with Crippen LogP contribution in [0.1, 0.15) is 29.3 Å². The number of nitrogens with zero attached hydrogens (tertiary/aromatic N) is 1. The van der Waals surface area contributed by atoms with E-state index in [-0.39, 0.29) is 11.7 Å². The van der Waals surface area contributed by atoms with E-state index in [1.165, 1.54) is 0 Å². The summed E-state index contributed by atoms with van der Waals surface area (Å²) in [7, 11) is 0. The first-order chi connectivity index (χ1) is 6.65. The summed E-state index contributed by atoms with van der Waals surface area (Å²) in [5.41, 5.74) is 7.10. The van der Waals surface area contributed by atoms with Crippen molar-refractivity contribution in [1.29, 1.82) is 0 Å². The number of aromatic nitrogens is 1. The van der Waals surface area contributed by atoms with E-state index >= 15 is 0 Å². The molecule has 0 aromatic carbocycles. The molecule has 0 spiro atoms. The summed E-state index contributed by atoms with van der Waals surface area (Å²) in [5.74, 6) is 0.121. The van der Waals surface area contributed by atoms with Gasteiger partial charge in [0.2, 0.25) is 0 Å². The number of ketones is 1. The molecule has 3 nitrogen and oxygen atoms in total. The number of hydrogen-bond acceptors (Lipinski definition) is 3. The molecule has 1 aromatic heterocycles. The van der Waals surface area contributed by atoms with Crippen molar-refractivity contribution in [3.8, 4) is 0 Å². The summed E-state index contributed by atoms with van der Waals surface area (Å²) in [6, 6.07) is 1.86. The Balaban J connectivity index is 2.78. The van der Waals surface area contributed by atoms with E-state index < -0.39 is 0 Å². The first kappa shape index (κ1) is 10.9. The molecule has 1 unspecified atom stereocenters. The highest BCUT2D eigenvalue weighted by atomic mass is 16.1. The zero-order chi connectivity index (χ0) is 10.6. The van der Waals surface area contributed by atoms with Crippen LogP contribution in [0.2, 0.25) is 0 Å². The van der Waals surface area contributed by atoms with Gasteiger partial charge in [0.05, 0.1) is 0 Å². The molecule has 0 aliphatic rings. The zero-order valence-corrected chi connectivity index (χ0v) is 8.66. The number of Topliss-reactive ketones (excluding diaryl/α,β-unsaturated/α-hetero) is 1. The third-order valence-corrected chi connectivity index (χ3v) is 2.21. The second kappa shape index (κ2) is 4.86. The van der Waals surface area contributed by atoms with Gasteiger partial charge in [0.15, 0.2) is 5.78 Å². The van der Waals surface area contributed by atoms with Crippen LogP contribution in [0.4, 0.5) is 0 Å². The van der Waals surface area contributed by atoms with Crippen LogP contribution in [-0.4, -0.2) is 17.3 Å². The molecule has 0 fully saturated rings. The van der Waals surface area contributed by atoms with Gasteiger partial charge in [0.25, 0.3) is 0 Å². The highest BCUT2D eigenvalue weighted by Crippen LogP contribution is 2.11. The molecule has 14 heavy (non-hydrogen) atoms. The molecule has 76 valence electrons. The summed E-state index contributed by atoms with van der Waals surface area (Å²) in [5, 5.41) is 0. The van der Waals surface area contributed by atoms with Crippen molar-refractivity contribution in [3.05, 3.63) is 29.6 Å². The number of aryl methyl sites for hydroxylation is 1. The molecule has 0 saturated heterocycles. The number of nitrogens with two attached hydrogens (primary N) is 1. The van der Waals surface area contributed by atoms with Gasteiger partial charge < -0.3 is 5.73 Å². The fourth-order valence-corrected chi connectivity index (χ4v) is 1.36. The molecule has 0 aliphatic carbocycles. The van der Waals surface area contributed by atoms with Crippen molar-refractivity contribution in [2.75, 3.05) is 6.54 Å². The van der Waals surface area contributed by atoms with Crippen LogP contribution in [0, 0.1) is 12.8 Å². The van der Waals surface area contributed by atoms with Gasteiger partial charge in [0, 0.05) is 23.9 Å². The van der Waals surface area contributed by atoms with Gasteiger partial charge in [0.1, 0.15) is 0 Å². The fourth-order valence-electron chi connectivity index (χ4n) is 1.36. The molecule has 2 N–H and O–H groups in total. The van der Waals surface area contributed by atoms with E-state index in [0.717, 1.165) is 12.0 Å². The smallest absolute Gasteiger partial charge is 0.167 e. The Kier molecular flexibility index (Phi) is 3.77. The Labute approximate surface area is 84.3 Å². The summed E-state index contributed by atoms with van der Waals surface area (Å²) < 4.78 is 0. The van der Waals surface area contributed by atoms with Crippen LogP contribution in [-0.2, 0) is 0 Å². The van der Waals surface area contributed by atoms with Crippen molar-refractivity contribution < 1.29 is 4.79 Å². The van der Waals surface area contributed by atoms with Gasteiger partial charge in [-0.1, -0.05) is 6.92 Å². The van der Waals surface area contributed by atoms with Gasteiger partial charge >= 0.3 is 0 Å². The first-order valence-corrected chi connectivity index (χ1v) is 4.81. The van der Waals surface area contributed by atoms with Crippen LogP contribution < -0.4 is 5.73 Å². The molecule has 0 aliphatic heterocycles. The van der Waals surface area contributed by atoms with Gasteiger partial charge in [-0.2, -0.15) is 0 Å². The maximum Gasteiger partial charge on any atom is 0.167 e. The zero-order valence-electron chi connectivity index (χ0n) is 8.66. The number of carbonyl (C=O) groups excluding carboxylic acids is 1. The lowest BCUT2D eigenvalue weighted by Crippen LogP contribution is -2.15. The summed E-state index contributed by atoms with van der Waals surface area (Å²) in [6.45, 7) is 4.38. The SMILES string of the molecule is Cc1cncc(C(=O)C(C)CCN)c1. The lowest BCUT2D eigenvalue weighted by molar-refractivity contribution is 0.0925. The second-order valence-corrected chi connectivity index (χ2v) is 3.59. The standard InChI is InChI=1S/C11H16N2O/c1-8-5-10(7-13-6-8)11(14)9(2)3-4-12/h5-7,9H,3-4,12H2,1-2H3. The molecular weight excluding hydrogens is 176 g/mol. The first-order valence-electron chi connectivity index (χ1n) is 4.81. The van der Waals surface area contributed by atoms with Crippen molar-refractivity contribution in [3.63, 3.8) is 0 Å². The minimum atomic E-state index is -0.0106. The quantitative estimate of drug-likeness (QED) is 0.736. The van der Waals surface area contributed by atoms with Crippen LogP contribution in [0.25, 0.3) is 0 Å².